The van der Waals surface area contributed by atoms with Gasteiger partial charge in [0, 0.05) is 11.8 Å². The maximum absolute atomic E-state index is 12.3. The van der Waals surface area contributed by atoms with Crippen molar-refractivity contribution in [2.24, 2.45) is 5.73 Å². The van der Waals surface area contributed by atoms with E-state index in [0.717, 1.165) is 6.20 Å². The van der Waals surface area contributed by atoms with Gasteiger partial charge in [-0.1, -0.05) is 0 Å². The van der Waals surface area contributed by atoms with Crippen LogP contribution in [0, 0.1) is 0 Å². The second-order valence-corrected chi connectivity index (χ2v) is 2.99. The van der Waals surface area contributed by atoms with E-state index in [4.69, 9.17) is 10.5 Å². The summed E-state index contributed by atoms with van der Waals surface area (Å²) in [6.07, 6.45) is -3.08. The summed E-state index contributed by atoms with van der Waals surface area (Å²) in [5, 5.41) is 0. The molecule has 0 aliphatic carbocycles. The first kappa shape index (κ1) is 12.7. The molecule has 7 heteroatoms. The van der Waals surface area contributed by atoms with Gasteiger partial charge in [0.05, 0.1) is 6.61 Å². The average Bonchev–Trinajstić information content (AvgIpc) is 2.19. The van der Waals surface area contributed by atoms with Gasteiger partial charge in [0.25, 0.3) is 0 Å². The second kappa shape index (κ2) is 5.11. The second-order valence-electron chi connectivity index (χ2n) is 2.99. The van der Waals surface area contributed by atoms with Gasteiger partial charge in [-0.05, 0) is 19.9 Å². The van der Waals surface area contributed by atoms with Gasteiger partial charge in [-0.3, -0.25) is 0 Å². The third kappa shape index (κ3) is 3.06. The van der Waals surface area contributed by atoms with E-state index in [1.165, 1.54) is 0 Å². The average molecular weight is 235 g/mol. The van der Waals surface area contributed by atoms with Crippen molar-refractivity contribution in [3.63, 3.8) is 0 Å². The molecule has 0 aliphatic rings. The molecule has 0 aromatic carbocycles. The molecule has 1 aromatic heterocycles. The highest BCUT2D eigenvalue weighted by Crippen LogP contribution is 2.28. The fourth-order valence-electron chi connectivity index (χ4n) is 1.12. The van der Waals surface area contributed by atoms with Gasteiger partial charge >= 0.3 is 6.18 Å². The Morgan fingerprint density at radius 3 is 2.62 bits per heavy atom. The number of ether oxygens (including phenoxy) is 1. The van der Waals surface area contributed by atoms with Crippen molar-refractivity contribution in [3.8, 4) is 5.88 Å². The molecule has 0 saturated carbocycles. The highest BCUT2D eigenvalue weighted by Gasteiger charge is 2.35. The number of rotatable bonds is 4. The summed E-state index contributed by atoms with van der Waals surface area (Å²) in [6.45, 7) is 2.21. The Hall–Kier alpha value is -1.37. The largest absolute Gasteiger partial charge is 0.478 e. The molecule has 16 heavy (non-hydrogen) atoms. The maximum atomic E-state index is 12.3. The summed E-state index contributed by atoms with van der Waals surface area (Å²) in [5.74, 6) is -1.24. The fraction of sp³-hybridized carbons (Fsp3) is 0.556. The molecule has 1 heterocycles. The van der Waals surface area contributed by atoms with Crippen LogP contribution in [0.15, 0.2) is 6.20 Å². The molecule has 0 spiro atoms. The van der Waals surface area contributed by atoms with Crippen molar-refractivity contribution in [2.75, 3.05) is 13.2 Å². The number of hydrogen-bond acceptors (Lipinski definition) is 4. The zero-order valence-corrected chi connectivity index (χ0v) is 8.71. The highest BCUT2D eigenvalue weighted by atomic mass is 19.4. The predicted molar refractivity (Wildman–Crippen MR) is 51.0 cm³/mol. The summed E-state index contributed by atoms with van der Waals surface area (Å²) in [5.41, 5.74) is 5.80. The first-order valence-corrected chi connectivity index (χ1v) is 4.75. The van der Waals surface area contributed by atoms with Crippen molar-refractivity contribution in [1.82, 2.24) is 9.97 Å². The van der Waals surface area contributed by atoms with E-state index in [0.29, 0.717) is 18.5 Å². The molecule has 1 aromatic rings. The Kier molecular flexibility index (Phi) is 4.05. The molecular weight excluding hydrogens is 223 g/mol. The monoisotopic (exact) mass is 235 g/mol. The van der Waals surface area contributed by atoms with Gasteiger partial charge in [-0.25, -0.2) is 4.98 Å². The van der Waals surface area contributed by atoms with Crippen molar-refractivity contribution in [2.45, 2.75) is 19.5 Å². The van der Waals surface area contributed by atoms with Gasteiger partial charge in [0.15, 0.2) is 0 Å². The highest BCUT2D eigenvalue weighted by molar-refractivity contribution is 5.24. The molecule has 0 atom stereocenters. The number of nitrogens with zero attached hydrogens (tertiary/aromatic N) is 2. The van der Waals surface area contributed by atoms with Gasteiger partial charge in [-0.2, -0.15) is 18.2 Å². The van der Waals surface area contributed by atoms with Crippen molar-refractivity contribution < 1.29 is 17.9 Å². The van der Waals surface area contributed by atoms with Gasteiger partial charge < -0.3 is 10.5 Å². The van der Waals surface area contributed by atoms with E-state index >= 15 is 0 Å². The summed E-state index contributed by atoms with van der Waals surface area (Å²) in [7, 11) is 0. The molecule has 90 valence electrons. The molecule has 1 rings (SSSR count). The fourth-order valence-corrected chi connectivity index (χ4v) is 1.12. The van der Waals surface area contributed by atoms with Crippen LogP contribution in [-0.4, -0.2) is 23.1 Å². The van der Waals surface area contributed by atoms with Crippen LogP contribution in [0.5, 0.6) is 5.88 Å². The van der Waals surface area contributed by atoms with Gasteiger partial charge in [0.1, 0.15) is 0 Å². The van der Waals surface area contributed by atoms with Crippen LogP contribution in [0.3, 0.4) is 0 Å². The Morgan fingerprint density at radius 2 is 2.12 bits per heavy atom. The van der Waals surface area contributed by atoms with E-state index in [9.17, 15) is 13.2 Å². The Morgan fingerprint density at radius 1 is 1.44 bits per heavy atom. The molecule has 0 bridgehead atoms. The Labute approximate surface area is 90.6 Å². The SMILES string of the molecule is CCOc1nc(C(F)(F)F)ncc1CCN. The van der Waals surface area contributed by atoms with E-state index < -0.39 is 12.0 Å². The van der Waals surface area contributed by atoms with E-state index in [1.807, 2.05) is 0 Å². The van der Waals surface area contributed by atoms with Gasteiger partial charge in [0.2, 0.25) is 11.7 Å². The smallest absolute Gasteiger partial charge is 0.451 e. The number of halogens is 3. The topological polar surface area (TPSA) is 61.0 Å². The van der Waals surface area contributed by atoms with Crippen LogP contribution >= 0.6 is 0 Å². The Balaban J connectivity index is 3.06. The van der Waals surface area contributed by atoms with Crippen molar-refractivity contribution in [1.29, 1.82) is 0 Å². The van der Waals surface area contributed by atoms with Crippen LogP contribution in [-0.2, 0) is 12.6 Å². The zero-order chi connectivity index (χ0) is 12.2. The number of alkyl halides is 3. The van der Waals surface area contributed by atoms with E-state index in [-0.39, 0.29) is 12.5 Å². The zero-order valence-electron chi connectivity index (χ0n) is 8.71. The van der Waals surface area contributed by atoms with Gasteiger partial charge in [-0.15, -0.1) is 0 Å². The predicted octanol–water partition coefficient (Wildman–Crippen LogP) is 1.40. The summed E-state index contributed by atoms with van der Waals surface area (Å²) in [4.78, 5) is 6.58. The molecule has 2 N–H and O–H groups in total. The number of nitrogens with two attached hydrogens (primary N) is 1. The molecule has 4 nitrogen and oxygen atoms in total. The summed E-state index contributed by atoms with van der Waals surface area (Å²) < 4.78 is 42.0. The van der Waals surface area contributed by atoms with Crippen molar-refractivity contribution >= 4 is 0 Å². The Bertz CT molecular complexity index is 354. The van der Waals surface area contributed by atoms with Crippen molar-refractivity contribution in [3.05, 3.63) is 17.6 Å². The van der Waals surface area contributed by atoms with E-state index in [2.05, 4.69) is 9.97 Å². The minimum atomic E-state index is -4.56. The minimum absolute atomic E-state index is 0.0460. The molecule has 0 amide bonds. The van der Waals surface area contributed by atoms with Crippen LogP contribution in [0.4, 0.5) is 13.2 Å². The minimum Gasteiger partial charge on any atom is -0.478 e. The quantitative estimate of drug-likeness (QED) is 0.856. The van der Waals surface area contributed by atoms with Crippen LogP contribution < -0.4 is 10.5 Å². The first-order valence-electron chi connectivity index (χ1n) is 4.75. The third-order valence-electron chi connectivity index (χ3n) is 1.77. The standard InChI is InChI=1S/C9H12F3N3O/c1-2-16-7-6(3-4-13)5-14-8(15-7)9(10,11)12/h5H,2-4,13H2,1H3. The lowest BCUT2D eigenvalue weighted by atomic mass is 10.2. The lowest BCUT2D eigenvalue weighted by Crippen LogP contribution is -2.14. The maximum Gasteiger partial charge on any atom is 0.451 e. The first-order chi connectivity index (χ1) is 7.49. The normalized spacial score (nSPS) is 11.6. The van der Waals surface area contributed by atoms with Crippen LogP contribution in [0.2, 0.25) is 0 Å². The molecule has 0 saturated heterocycles. The molecule has 0 fully saturated rings. The van der Waals surface area contributed by atoms with Crippen LogP contribution in [0.1, 0.15) is 18.3 Å². The van der Waals surface area contributed by atoms with E-state index in [1.54, 1.807) is 6.92 Å². The van der Waals surface area contributed by atoms with Crippen LogP contribution in [0.25, 0.3) is 0 Å². The molecule has 0 unspecified atom stereocenters. The molecule has 0 radical (unpaired) electrons. The number of hydrogen-bond donors (Lipinski definition) is 1. The number of aromatic nitrogens is 2. The summed E-state index contributed by atoms with van der Waals surface area (Å²) in [6, 6.07) is 0. The summed E-state index contributed by atoms with van der Waals surface area (Å²) >= 11 is 0. The lowest BCUT2D eigenvalue weighted by Gasteiger charge is -2.10. The molecular formula is C9H12F3N3O. The lowest BCUT2D eigenvalue weighted by molar-refractivity contribution is -0.145. The third-order valence-corrected chi connectivity index (χ3v) is 1.77. The molecule has 0 aliphatic heterocycles.